The van der Waals surface area contributed by atoms with Crippen LogP contribution in [0.25, 0.3) is 0 Å². The van der Waals surface area contributed by atoms with Gasteiger partial charge in [-0.3, -0.25) is 14.4 Å². The van der Waals surface area contributed by atoms with Crippen LogP contribution in [-0.2, 0) is 32.6 Å². The molecule has 9 nitrogen and oxygen atoms in total. The number of fused-ring (bicyclic) bond motifs is 1. The van der Waals surface area contributed by atoms with E-state index in [1.54, 1.807) is 16.3 Å². The van der Waals surface area contributed by atoms with Crippen molar-refractivity contribution in [1.82, 2.24) is 9.21 Å². The molecule has 1 fully saturated rings. The summed E-state index contributed by atoms with van der Waals surface area (Å²) in [5.41, 5.74) is 6.63. The number of hydrogen-bond donors (Lipinski definition) is 2. The van der Waals surface area contributed by atoms with Gasteiger partial charge in [0, 0.05) is 24.9 Å². The lowest BCUT2D eigenvalue weighted by atomic mass is 10.0. The van der Waals surface area contributed by atoms with Gasteiger partial charge in [0.2, 0.25) is 11.8 Å². The smallest absolute Gasteiger partial charge is 0.253 e. The average Bonchev–Trinajstić information content (AvgIpc) is 3.41. The number of sulfonamides is 1. The third-order valence-corrected chi connectivity index (χ3v) is 10.2. The fraction of sp³-hybridized carbons (Fsp3) is 0.450. The van der Waals surface area contributed by atoms with Crippen LogP contribution >= 0.6 is 22.7 Å². The summed E-state index contributed by atoms with van der Waals surface area (Å²) in [5.74, 6) is -1.19. The number of rotatable bonds is 5. The summed E-state index contributed by atoms with van der Waals surface area (Å²) in [6.07, 6.45) is 2.27. The third kappa shape index (κ3) is 4.19. The van der Waals surface area contributed by atoms with Crippen molar-refractivity contribution in [2.24, 2.45) is 5.73 Å². The molecule has 0 aromatic carbocycles. The van der Waals surface area contributed by atoms with E-state index < -0.39 is 27.9 Å². The number of nitrogens with zero attached hydrogens (tertiary/aromatic N) is 2. The van der Waals surface area contributed by atoms with E-state index in [4.69, 9.17) is 5.73 Å². The fourth-order valence-electron chi connectivity index (χ4n) is 4.20. The number of amides is 3. The van der Waals surface area contributed by atoms with Crippen molar-refractivity contribution >= 4 is 55.4 Å². The molecule has 3 N–H and O–H groups in total. The standard InChI is InChI=1S/C20H24N4O5S3/c1-12(25)23-9-7-13-15(11-23)31-20(17(13)18(21)26)22-19(27)14-5-2-3-8-24(14)32(28,29)16-6-4-10-30-16/h4,6,10,14H,2-3,5,7-9,11H2,1H3,(H2,21,26)(H,22,27). The maximum atomic E-state index is 13.2. The van der Waals surface area contributed by atoms with Gasteiger partial charge in [-0.15, -0.1) is 22.7 Å². The number of carbonyl (C=O) groups excluding carboxylic acids is 3. The van der Waals surface area contributed by atoms with Crippen LogP contribution in [0.3, 0.4) is 0 Å². The number of nitrogens with two attached hydrogens (primary N) is 1. The molecule has 1 saturated heterocycles. The molecule has 2 aliphatic rings. The van der Waals surface area contributed by atoms with E-state index in [0.29, 0.717) is 37.4 Å². The van der Waals surface area contributed by atoms with Gasteiger partial charge in [-0.2, -0.15) is 4.31 Å². The first-order chi connectivity index (χ1) is 15.2. The molecule has 0 saturated carbocycles. The molecular weight excluding hydrogens is 472 g/mol. The minimum atomic E-state index is -3.79. The molecule has 4 rings (SSSR count). The van der Waals surface area contributed by atoms with E-state index in [1.165, 1.54) is 28.6 Å². The Morgan fingerprint density at radius 3 is 2.66 bits per heavy atom. The Labute approximate surface area is 194 Å². The lowest BCUT2D eigenvalue weighted by molar-refractivity contribution is -0.129. The summed E-state index contributed by atoms with van der Waals surface area (Å²) in [6.45, 7) is 2.58. The molecule has 1 atom stereocenters. The summed E-state index contributed by atoms with van der Waals surface area (Å²) < 4.78 is 27.7. The first-order valence-electron chi connectivity index (χ1n) is 10.3. The van der Waals surface area contributed by atoms with E-state index in [2.05, 4.69) is 5.32 Å². The van der Waals surface area contributed by atoms with E-state index in [-0.39, 0.29) is 22.2 Å². The topological polar surface area (TPSA) is 130 Å². The first-order valence-corrected chi connectivity index (χ1v) is 13.4. The van der Waals surface area contributed by atoms with Crippen molar-refractivity contribution in [3.8, 4) is 0 Å². The van der Waals surface area contributed by atoms with Crippen LogP contribution < -0.4 is 11.1 Å². The second-order valence-electron chi connectivity index (χ2n) is 7.81. The van der Waals surface area contributed by atoms with Gasteiger partial charge in [-0.05, 0) is 36.3 Å². The number of carbonyl (C=O) groups is 3. The van der Waals surface area contributed by atoms with Crippen molar-refractivity contribution in [2.45, 2.75) is 49.4 Å². The molecule has 32 heavy (non-hydrogen) atoms. The lowest BCUT2D eigenvalue weighted by Gasteiger charge is -2.33. The molecule has 0 radical (unpaired) electrons. The number of primary amides is 1. The highest BCUT2D eigenvalue weighted by molar-refractivity contribution is 7.91. The molecule has 2 aromatic heterocycles. The van der Waals surface area contributed by atoms with Gasteiger partial charge < -0.3 is 16.0 Å². The highest BCUT2D eigenvalue weighted by Crippen LogP contribution is 2.38. The number of nitrogens with one attached hydrogen (secondary N) is 1. The summed E-state index contributed by atoms with van der Waals surface area (Å²) in [4.78, 5) is 39.7. The van der Waals surface area contributed by atoms with Crippen LogP contribution in [0.1, 0.15) is 47.0 Å². The van der Waals surface area contributed by atoms with Crippen molar-refractivity contribution in [1.29, 1.82) is 0 Å². The Hall–Kier alpha value is -2.28. The van der Waals surface area contributed by atoms with Crippen LogP contribution in [0.2, 0.25) is 0 Å². The third-order valence-electron chi connectivity index (χ3n) is 5.80. The predicted octanol–water partition coefficient (Wildman–Crippen LogP) is 1.99. The minimum Gasteiger partial charge on any atom is -0.365 e. The van der Waals surface area contributed by atoms with Crippen LogP contribution in [-0.4, -0.2) is 54.5 Å². The summed E-state index contributed by atoms with van der Waals surface area (Å²) in [5, 5.41) is 4.79. The molecule has 0 aliphatic carbocycles. The molecule has 2 aromatic rings. The number of anilines is 1. The molecule has 172 valence electrons. The molecule has 3 amide bonds. The van der Waals surface area contributed by atoms with Gasteiger partial charge in [0.15, 0.2) is 0 Å². The van der Waals surface area contributed by atoms with E-state index in [1.807, 2.05) is 0 Å². The monoisotopic (exact) mass is 496 g/mol. The zero-order valence-electron chi connectivity index (χ0n) is 17.5. The normalized spacial score (nSPS) is 19.4. The van der Waals surface area contributed by atoms with Crippen LogP contribution in [0, 0.1) is 0 Å². The molecular formula is C20H24N4O5S3. The molecule has 0 spiro atoms. The van der Waals surface area contributed by atoms with Crippen molar-refractivity contribution < 1.29 is 22.8 Å². The Balaban J connectivity index is 1.62. The zero-order valence-corrected chi connectivity index (χ0v) is 19.9. The fourth-order valence-corrected chi connectivity index (χ4v) is 8.24. The number of hydrogen-bond acceptors (Lipinski definition) is 7. The van der Waals surface area contributed by atoms with Gasteiger partial charge in [0.05, 0.1) is 12.1 Å². The Morgan fingerprint density at radius 2 is 2.00 bits per heavy atom. The average molecular weight is 497 g/mol. The second kappa shape index (κ2) is 8.93. The van der Waals surface area contributed by atoms with Gasteiger partial charge >= 0.3 is 0 Å². The second-order valence-corrected chi connectivity index (χ2v) is 12.0. The van der Waals surface area contributed by atoms with Gasteiger partial charge in [-0.1, -0.05) is 12.5 Å². The Kier molecular flexibility index (Phi) is 6.39. The molecule has 4 heterocycles. The highest BCUT2D eigenvalue weighted by Gasteiger charge is 2.39. The first kappa shape index (κ1) is 22.9. The van der Waals surface area contributed by atoms with Gasteiger partial charge in [0.25, 0.3) is 15.9 Å². The lowest BCUT2D eigenvalue weighted by Crippen LogP contribution is -2.49. The molecule has 0 bridgehead atoms. The van der Waals surface area contributed by atoms with Crippen LogP contribution in [0.15, 0.2) is 21.7 Å². The molecule has 12 heteroatoms. The van der Waals surface area contributed by atoms with Crippen LogP contribution in [0.4, 0.5) is 5.00 Å². The summed E-state index contributed by atoms with van der Waals surface area (Å²) in [7, 11) is -3.79. The van der Waals surface area contributed by atoms with Crippen molar-refractivity contribution in [3.05, 3.63) is 33.5 Å². The molecule has 2 aliphatic heterocycles. The maximum absolute atomic E-state index is 13.2. The zero-order chi connectivity index (χ0) is 23.0. The SMILES string of the molecule is CC(=O)N1CCc2c(sc(NC(=O)C3CCCCN3S(=O)(=O)c3cccs3)c2C(N)=O)C1. The minimum absolute atomic E-state index is 0.0631. The number of piperidine rings is 1. The highest BCUT2D eigenvalue weighted by atomic mass is 32.2. The van der Waals surface area contributed by atoms with E-state index in [0.717, 1.165) is 28.2 Å². The summed E-state index contributed by atoms with van der Waals surface area (Å²) >= 11 is 2.33. The van der Waals surface area contributed by atoms with E-state index >= 15 is 0 Å². The van der Waals surface area contributed by atoms with Gasteiger partial charge in [0.1, 0.15) is 15.3 Å². The predicted molar refractivity (Wildman–Crippen MR) is 122 cm³/mol. The number of thiophene rings is 2. The summed E-state index contributed by atoms with van der Waals surface area (Å²) in [6, 6.07) is 2.32. The Morgan fingerprint density at radius 1 is 1.22 bits per heavy atom. The van der Waals surface area contributed by atoms with Crippen molar-refractivity contribution in [3.63, 3.8) is 0 Å². The quantitative estimate of drug-likeness (QED) is 0.654. The van der Waals surface area contributed by atoms with Crippen molar-refractivity contribution in [2.75, 3.05) is 18.4 Å². The van der Waals surface area contributed by atoms with E-state index in [9.17, 15) is 22.8 Å². The van der Waals surface area contributed by atoms with Gasteiger partial charge in [-0.25, -0.2) is 8.42 Å². The maximum Gasteiger partial charge on any atom is 0.253 e. The molecule has 1 unspecified atom stereocenters. The Bertz CT molecular complexity index is 1160. The van der Waals surface area contributed by atoms with Crippen LogP contribution in [0.5, 0.6) is 0 Å². The largest absolute Gasteiger partial charge is 0.365 e.